The first-order valence-electron chi connectivity index (χ1n) is 8.83. The predicted molar refractivity (Wildman–Crippen MR) is 97.2 cm³/mol. The number of nitrogens with zero attached hydrogens (tertiary/aromatic N) is 5. The van der Waals surface area contributed by atoms with Crippen molar-refractivity contribution in [2.75, 3.05) is 6.54 Å². The Hall–Kier alpha value is -2.32. The van der Waals surface area contributed by atoms with Crippen LogP contribution in [0.15, 0.2) is 42.9 Å². The second-order valence-electron chi connectivity index (χ2n) is 7.15. The van der Waals surface area contributed by atoms with Gasteiger partial charge in [-0.15, -0.1) is 5.10 Å². The molecule has 0 unspecified atom stereocenters. The summed E-state index contributed by atoms with van der Waals surface area (Å²) in [4.78, 5) is 4.15. The van der Waals surface area contributed by atoms with E-state index in [1.54, 1.807) is 15.2 Å². The first kappa shape index (κ1) is 15.9. The van der Waals surface area contributed by atoms with E-state index in [1.807, 2.05) is 36.7 Å². The van der Waals surface area contributed by atoms with Crippen LogP contribution in [0.4, 0.5) is 0 Å². The highest BCUT2D eigenvalue weighted by atomic mass is 32.2. The number of benzene rings is 1. The summed E-state index contributed by atoms with van der Waals surface area (Å²) in [7, 11) is -3.23. The van der Waals surface area contributed by atoms with E-state index in [-0.39, 0.29) is 6.54 Å². The molecule has 8 heteroatoms. The molecule has 2 fully saturated rings. The lowest BCUT2D eigenvalue weighted by atomic mass is 10.1. The summed E-state index contributed by atoms with van der Waals surface area (Å²) in [6, 6.07) is 7.86. The maximum Gasteiger partial charge on any atom is 0.220 e. The summed E-state index contributed by atoms with van der Waals surface area (Å²) >= 11 is 0. The maximum atomic E-state index is 12.8. The largest absolute Gasteiger partial charge is 0.264 e. The summed E-state index contributed by atoms with van der Waals surface area (Å²) in [5.74, 6) is 0. The van der Waals surface area contributed by atoms with Crippen molar-refractivity contribution < 1.29 is 8.42 Å². The van der Waals surface area contributed by atoms with Gasteiger partial charge in [-0.3, -0.25) is 4.98 Å². The molecule has 0 atom stereocenters. The van der Waals surface area contributed by atoms with Gasteiger partial charge in [-0.05, 0) is 37.8 Å². The third-order valence-corrected chi connectivity index (χ3v) is 8.22. The van der Waals surface area contributed by atoms with Crippen molar-refractivity contribution in [3.8, 4) is 5.69 Å². The molecule has 1 aromatic carbocycles. The van der Waals surface area contributed by atoms with E-state index in [0.717, 1.165) is 42.1 Å². The Morgan fingerprint density at radius 3 is 2.88 bits per heavy atom. The quantitative estimate of drug-likeness (QED) is 0.707. The maximum absolute atomic E-state index is 12.8. The van der Waals surface area contributed by atoms with Crippen LogP contribution in [0.5, 0.6) is 0 Å². The fourth-order valence-corrected chi connectivity index (χ4v) is 6.13. The fraction of sp³-hybridized carbons (Fsp3) is 0.389. The van der Waals surface area contributed by atoms with E-state index in [1.165, 1.54) is 0 Å². The van der Waals surface area contributed by atoms with Gasteiger partial charge < -0.3 is 0 Å². The summed E-state index contributed by atoms with van der Waals surface area (Å²) in [6.45, 7) is 0.854. The number of aromatic nitrogens is 4. The number of sulfonamides is 1. The molecular weight excluding hydrogens is 350 g/mol. The van der Waals surface area contributed by atoms with Crippen LogP contribution in [0.3, 0.4) is 0 Å². The van der Waals surface area contributed by atoms with Crippen LogP contribution < -0.4 is 0 Å². The molecule has 7 nitrogen and oxygen atoms in total. The van der Waals surface area contributed by atoms with Gasteiger partial charge in [0.15, 0.2) is 0 Å². The normalized spacial score (nSPS) is 21.2. The number of pyridine rings is 1. The van der Waals surface area contributed by atoms with Crippen molar-refractivity contribution in [2.24, 2.45) is 0 Å². The second kappa shape index (κ2) is 5.59. The molecule has 1 aliphatic heterocycles. The zero-order valence-electron chi connectivity index (χ0n) is 14.2. The number of hydrogen-bond donors (Lipinski definition) is 0. The lowest BCUT2D eigenvalue weighted by molar-refractivity contribution is 0.350. The average Bonchev–Trinajstić information content (AvgIpc) is 3.30. The standard InChI is InChI=1S/C18H19N5O2S/c24-26(25)18(7-8-18)6-2-10-22(26)12-15-13-23(21-20-15)17-4-1-3-14-11-19-9-5-16(14)17/h1,3-5,9,11,13H,2,6-8,10,12H2. The minimum atomic E-state index is -3.23. The molecule has 0 N–H and O–H groups in total. The van der Waals surface area contributed by atoms with E-state index in [2.05, 4.69) is 15.3 Å². The molecule has 1 saturated heterocycles. The van der Waals surface area contributed by atoms with Gasteiger partial charge in [-0.1, -0.05) is 17.3 Å². The predicted octanol–water partition coefficient (Wildman–Crippen LogP) is 2.27. The van der Waals surface area contributed by atoms with Gasteiger partial charge in [0, 0.05) is 29.7 Å². The summed E-state index contributed by atoms with van der Waals surface area (Å²) in [6.07, 6.45) is 8.68. The van der Waals surface area contributed by atoms with Crippen molar-refractivity contribution in [1.29, 1.82) is 0 Å². The smallest absolute Gasteiger partial charge is 0.220 e. The topological polar surface area (TPSA) is 81.0 Å². The Balaban J connectivity index is 1.46. The first-order chi connectivity index (χ1) is 12.6. The lowest BCUT2D eigenvalue weighted by Crippen LogP contribution is -2.44. The Kier molecular flexibility index (Phi) is 3.42. The highest BCUT2D eigenvalue weighted by Gasteiger charge is 2.58. The zero-order valence-corrected chi connectivity index (χ0v) is 15.1. The third kappa shape index (κ3) is 2.36. The summed E-state index contributed by atoms with van der Waals surface area (Å²) < 4.78 is 28.4. The SMILES string of the molecule is O=S1(=O)N(Cc2cn(-c3cccc4cnccc34)nn2)CCCC12CC2. The van der Waals surface area contributed by atoms with Gasteiger partial charge in [0.05, 0.1) is 28.9 Å². The lowest BCUT2D eigenvalue weighted by Gasteiger charge is -2.31. The van der Waals surface area contributed by atoms with E-state index >= 15 is 0 Å². The Bertz CT molecular complexity index is 1080. The molecule has 2 aliphatic rings. The number of rotatable bonds is 3. The molecule has 0 amide bonds. The third-order valence-electron chi connectivity index (χ3n) is 5.52. The monoisotopic (exact) mass is 369 g/mol. The molecule has 2 aromatic heterocycles. The molecule has 5 rings (SSSR count). The minimum absolute atomic E-state index is 0.288. The van der Waals surface area contributed by atoms with Gasteiger partial charge >= 0.3 is 0 Å². The van der Waals surface area contributed by atoms with E-state index < -0.39 is 14.8 Å². The van der Waals surface area contributed by atoms with Crippen molar-refractivity contribution in [1.82, 2.24) is 24.3 Å². The molecule has 3 heterocycles. The zero-order chi connectivity index (χ0) is 17.8. The van der Waals surface area contributed by atoms with Crippen LogP contribution in [-0.4, -0.2) is 44.0 Å². The van der Waals surface area contributed by atoms with Gasteiger partial charge in [-0.25, -0.2) is 13.1 Å². The number of fused-ring (bicyclic) bond motifs is 1. The molecule has 0 radical (unpaired) electrons. The highest BCUT2D eigenvalue weighted by molar-refractivity contribution is 7.90. The van der Waals surface area contributed by atoms with Crippen molar-refractivity contribution in [3.63, 3.8) is 0 Å². The Morgan fingerprint density at radius 2 is 2.04 bits per heavy atom. The fourth-order valence-electron chi connectivity index (χ4n) is 3.89. The van der Waals surface area contributed by atoms with Crippen molar-refractivity contribution in [3.05, 3.63) is 48.5 Å². The van der Waals surface area contributed by atoms with Crippen LogP contribution in [0.1, 0.15) is 31.4 Å². The van der Waals surface area contributed by atoms with Crippen molar-refractivity contribution in [2.45, 2.75) is 37.0 Å². The molecule has 1 aliphatic carbocycles. The summed E-state index contributed by atoms with van der Waals surface area (Å²) in [5, 5.41) is 10.5. The molecular formula is C18H19N5O2S. The van der Waals surface area contributed by atoms with Gasteiger partial charge in [-0.2, -0.15) is 4.31 Å². The Labute approximate surface area is 151 Å². The summed E-state index contributed by atoms with van der Waals surface area (Å²) in [5.41, 5.74) is 1.57. The first-order valence-corrected chi connectivity index (χ1v) is 10.3. The number of hydrogen-bond acceptors (Lipinski definition) is 5. The van der Waals surface area contributed by atoms with E-state index in [9.17, 15) is 8.42 Å². The molecule has 26 heavy (non-hydrogen) atoms. The minimum Gasteiger partial charge on any atom is -0.264 e. The average molecular weight is 369 g/mol. The molecule has 1 saturated carbocycles. The molecule has 134 valence electrons. The van der Waals surface area contributed by atoms with Gasteiger partial charge in [0.25, 0.3) is 0 Å². The van der Waals surface area contributed by atoms with E-state index in [4.69, 9.17) is 0 Å². The highest BCUT2D eigenvalue weighted by Crippen LogP contribution is 2.51. The van der Waals surface area contributed by atoms with Crippen molar-refractivity contribution >= 4 is 20.8 Å². The Morgan fingerprint density at radius 1 is 1.15 bits per heavy atom. The van der Waals surface area contributed by atoms with Crippen LogP contribution >= 0.6 is 0 Å². The van der Waals surface area contributed by atoms with Crippen LogP contribution in [0.25, 0.3) is 16.5 Å². The van der Waals surface area contributed by atoms with Crippen LogP contribution in [0.2, 0.25) is 0 Å². The van der Waals surface area contributed by atoms with Gasteiger partial charge in [0.1, 0.15) is 0 Å². The molecule has 1 spiro atoms. The molecule has 3 aromatic rings. The van der Waals surface area contributed by atoms with E-state index in [0.29, 0.717) is 12.2 Å². The van der Waals surface area contributed by atoms with Crippen LogP contribution in [-0.2, 0) is 16.6 Å². The van der Waals surface area contributed by atoms with Gasteiger partial charge in [0.2, 0.25) is 10.0 Å². The van der Waals surface area contributed by atoms with Crippen LogP contribution in [0, 0.1) is 0 Å². The second-order valence-corrected chi connectivity index (χ2v) is 9.49. The molecule has 0 bridgehead atoms.